The van der Waals surface area contributed by atoms with Gasteiger partial charge in [0.2, 0.25) is 5.78 Å². The van der Waals surface area contributed by atoms with Gasteiger partial charge < -0.3 is 4.42 Å². The predicted octanol–water partition coefficient (Wildman–Crippen LogP) is 2.75. The highest BCUT2D eigenvalue weighted by Gasteiger charge is 2.09. The molecule has 0 atom stereocenters. The zero-order chi connectivity index (χ0) is 10.7. The van der Waals surface area contributed by atoms with E-state index in [1.165, 1.54) is 12.5 Å². The van der Waals surface area contributed by atoms with Crippen LogP contribution in [0.4, 0.5) is 0 Å². The van der Waals surface area contributed by atoms with Crippen LogP contribution in [0.15, 0.2) is 41.3 Å². The van der Waals surface area contributed by atoms with Gasteiger partial charge in [-0.15, -0.1) is 0 Å². The van der Waals surface area contributed by atoms with Crippen LogP contribution in [0.25, 0.3) is 0 Å². The van der Waals surface area contributed by atoms with Crippen LogP contribution in [0.2, 0.25) is 5.02 Å². The van der Waals surface area contributed by atoms with Crippen LogP contribution in [0.3, 0.4) is 0 Å². The van der Waals surface area contributed by atoms with E-state index in [9.17, 15) is 4.79 Å². The van der Waals surface area contributed by atoms with Gasteiger partial charge in [-0.2, -0.15) is 0 Å². The SMILES string of the molecule is O=C(Cc1cncc(Cl)c1)c1ccco1. The quantitative estimate of drug-likeness (QED) is 0.749. The molecule has 0 amide bonds. The summed E-state index contributed by atoms with van der Waals surface area (Å²) in [5, 5.41) is 0.528. The van der Waals surface area contributed by atoms with Crippen molar-refractivity contribution < 1.29 is 9.21 Å². The summed E-state index contributed by atoms with van der Waals surface area (Å²) < 4.78 is 4.99. The van der Waals surface area contributed by atoms with E-state index in [0.717, 1.165) is 5.56 Å². The summed E-state index contributed by atoms with van der Waals surface area (Å²) in [6.45, 7) is 0. The number of pyridine rings is 1. The van der Waals surface area contributed by atoms with Crippen molar-refractivity contribution in [1.29, 1.82) is 0 Å². The molecule has 2 rings (SSSR count). The number of hydrogen-bond acceptors (Lipinski definition) is 3. The molecule has 0 saturated heterocycles. The molecule has 0 radical (unpaired) electrons. The summed E-state index contributed by atoms with van der Waals surface area (Å²) in [6, 6.07) is 5.04. The maximum atomic E-state index is 11.6. The minimum Gasteiger partial charge on any atom is -0.461 e. The molecule has 0 aliphatic carbocycles. The van der Waals surface area contributed by atoms with Gasteiger partial charge in [0, 0.05) is 18.8 Å². The number of rotatable bonds is 3. The Kier molecular flexibility index (Phi) is 2.83. The van der Waals surface area contributed by atoms with E-state index in [2.05, 4.69) is 4.98 Å². The Hall–Kier alpha value is -1.61. The van der Waals surface area contributed by atoms with Crippen LogP contribution in [-0.2, 0) is 6.42 Å². The van der Waals surface area contributed by atoms with Crippen LogP contribution in [0.5, 0.6) is 0 Å². The van der Waals surface area contributed by atoms with Gasteiger partial charge in [-0.3, -0.25) is 9.78 Å². The Morgan fingerprint density at radius 1 is 1.47 bits per heavy atom. The number of nitrogens with zero attached hydrogens (tertiary/aromatic N) is 1. The summed E-state index contributed by atoms with van der Waals surface area (Å²) in [7, 11) is 0. The lowest BCUT2D eigenvalue weighted by molar-refractivity contribution is 0.0966. The van der Waals surface area contributed by atoms with Crippen LogP contribution >= 0.6 is 11.6 Å². The van der Waals surface area contributed by atoms with Gasteiger partial charge in [0.1, 0.15) is 0 Å². The Morgan fingerprint density at radius 2 is 2.33 bits per heavy atom. The number of aromatic nitrogens is 1. The lowest BCUT2D eigenvalue weighted by Crippen LogP contribution is -2.02. The second-order valence-corrected chi connectivity index (χ2v) is 3.53. The zero-order valence-electron chi connectivity index (χ0n) is 7.81. The second kappa shape index (κ2) is 4.28. The highest BCUT2D eigenvalue weighted by atomic mass is 35.5. The third kappa shape index (κ3) is 2.44. The van der Waals surface area contributed by atoms with Crippen molar-refractivity contribution >= 4 is 17.4 Å². The molecule has 0 aliphatic rings. The molecule has 0 unspecified atom stereocenters. The molecule has 4 heteroatoms. The fraction of sp³-hybridized carbons (Fsp3) is 0.0909. The molecule has 3 nitrogen and oxygen atoms in total. The summed E-state index contributed by atoms with van der Waals surface area (Å²) in [5.74, 6) is 0.277. The van der Waals surface area contributed by atoms with E-state index < -0.39 is 0 Å². The fourth-order valence-corrected chi connectivity index (χ4v) is 1.46. The monoisotopic (exact) mass is 221 g/mol. The molecule has 0 N–H and O–H groups in total. The number of halogens is 1. The number of Topliss-reactive ketones (excluding diaryl/α,β-unsaturated/α-hetero) is 1. The van der Waals surface area contributed by atoms with Gasteiger partial charge in [0.05, 0.1) is 11.3 Å². The van der Waals surface area contributed by atoms with Gasteiger partial charge in [0.25, 0.3) is 0 Å². The molecule has 2 aromatic heterocycles. The van der Waals surface area contributed by atoms with Gasteiger partial charge in [-0.25, -0.2) is 0 Å². The van der Waals surface area contributed by atoms with Gasteiger partial charge in [0.15, 0.2) is 5.76 Å². The van der Waals surface area contributed by atoms with E-state index >= 15 is 0 Å². The van der Waals surface area contributed by atoms with Crippen molar-refractivity contribution in [1.82, 2.24) is 4.98 Å². The first kappa shape index (κ1) is 9.93. The van der Waals surface area contributed by atoms with Crippen molar-refractivity contribution in [3.63, 3.8) is 0 Å². The standard InChI is InChI=1S/C11H8ClNO2/c12-9-4-8(6-13-7-9)5-10(14)11-2-1-3-15-11/h1-4,6-7H,5H2. The summed E-state index contributed by atoms with van der Waals surface area (Å²) >= 11 is 5.76. The Morgan fingerprint density at radius 3 is 3.00 bits per heavy atom. The van der Waals surface area contributed by atoms with E-state index in [1.807, 2.05) is 0 Å². The van der Waals surface area contributed by atoms with Crippen molar-refractivity contribution in [2.45, 2.75) is 6.42 Å². The topological polar surface area (TPSA) is 43.1 Å². The number of ketones is 1. The first-order valence-corrected chi connectivity index (χ1v) is 4.79. The minimum atomic E-state index is -0.0796. The molecule has 0 saturated carbocycles. The van der Waals surface area contributed by atoms with Gasteiger partial charge in [-0.05, 0) is 23.8 Å². The van der Waals surface area contributed by atoms with Crippen molar-refractivity contribution in [3.8, 4) is 0 Å². The Bertz CT molecular complexity index is 465. The molecule has 76 valence electrons. The van der Waals surface area contributed by atoms with E-state index in [4.69, 9.17) is 16.0 Å². The molecule has 0 fully saturated rings. The van der Waals surface area contributed by atoms with Crippen LogP contribution in [-0.4, -0.2) is 10.8 Å². The third-order valence-corrected chi connectivity index (χ3v) is 2.13. The Balaban J connectivity index is 2.13. The lowest BCUT2D eigenvalue weighted by Gasteiger charge is -1.98. The first-order valence-electron chi connectivity index (χ1n) is 4.42. The van der Waals surface area contributed by atoms with Gasteiger partial charge >= 0.3 is 0 Å². The number of furan rings is 1. The molecule has 0 spiro atoms. The lowest BCUT2D eigenvalue weighted by atomic mass is 10.1. The van der Waals surface area contributed by atoms with Crippen LogP contribution in [0, 0.1) is 0 Å². The van der Waals surface area contributed by atoms with E-state index in [-0.39, 0.29) is 12.2 Å². The summed E-state index contributed by atoms with van der Waals surface area (Å²) in [5.41, 5.74) is 0.781. The molecular formula is C11H8ClNO2. The molecule has 0 aliphatic heterocycles. The molecule has 2 aromatic rings. The molecule has 15 heavy (non-hydrogen) atoms. The fourth-order valence-electron chi connectivity index (χ4n) is 1.26. The number of carbonyl (C=O) groups excluding carboxylic acids is 1. The predicted molar refractivity (Wildman–Crippen MR) is 56.0 cm³/mol. The molecule has 0 bridgehead atoms. The van der Waals surface area contributed by atoms with Gasteiger partial charge in [-0.1, -0.05) is 11.6 Å². The molecule has 0 aromatic carbocycles. The highest BCUT2D eigenvalue weighted by molar-refractivity contribution is 6.30. The average Bonchev–Trinajstić information content (AvgIpc) is 2.70. The van der Waals surface area contributed by atoms with Crippen molar-refractivity contribution in [2.75, 3.05) is 0 Å². The summed E-state index contributed by atoms with van der Waals surface area (Å²) in [4.78, 5) is 15.5. The largest absolute Gasteiger partial charge is 0.461 e. The highest BCUT2D eigenvalue weighted by Crippen LogP contribution is 2.11. The van der Waals surface area contributed by atoms with Crippen LogP contribution in [0.1, 0.15) is 16.1 Å². The zero-order valence-corrected chi connectivity index (χ0v) is 8.57. The maximum Gasteiger partial charge on any atom is 0.202 e. The van der Waals surface area contributed by atoms with E-state index in [0.29, 0.717) is 10.8 Å². The average molecular weight is 222 g/mol. The van der Waals surface area contributed by atoms with Crippen molar-refractivity contribution in [3.05, 3.63) is 53.2 Å². The summed E-state index contributed by atoms with van der Waals surface area (Å²) in [6.07, 6.45) is 4.87. The maximum absolute atomic E-state index is 11.6. The third-order valence-electron chi connectivity index (χ3n) is 1.92. The number of carbonyl (C=O) groups is 1. The van der Waals surface area contributed by atoms with Crippen LogP contribution < -0.4 is 0 Å². The van der Waals surface area contributed by atoms with Crippen molar-refractivity contribution in [2.24, 2.45) is 0 Å². The second-order valence-electron chi connectivity index (χ2n) is 3.09. The Labute approximate surface area is 91.7 Å². The van der Waals surface area contributed by atoms with E-state index in [1.54, 1.807) is 24.4 Å². The number of hydrogen-bond donors (Lipinski definition) is 0. The smallest absolute Gasteiger partial charge is 0.202 e. The molecular weight excluding hydrogens is 214 g/mol. The first-order chi connectivity index (χ1) is 7.25. The minimum absolute atomic E-state index is 0.0796. The molecule has 2 heterocycles. The normalized spacial score (nSPS) is 10.2.